The quantitative estimate of drug-likeness (QED) is 0.459. The van der Waals surface area contributed by atoms with E-state index in [0.29, 0.717) is 0 Å². The Kier molecular flexibility index (Phi) is 7.70. The number of benzene rings is 2. The first kappa shape index (κ1) is 24.7. The molecule has 4 atom stereocenters. The van der Waals surface area contributed by atoms with Crippen molar-refractivity contribution in [3.63, 3.8) is 0 Å². The van der Waals surface area contributed by atoms with Crippen molar-refractivity contribution >= 4 is 18.0 Å². The van der Waals surface area contributed by atoms with Gasteiger partial charge in [-0.15, -0.1) is 0 Å². The predicted molar refractivity (Wildman–Crippen MR) is 130 cm³/mol. The van der Waals surface area contributed by atoms with E-state index in [-0.39, 0.29) is 30.9 Å². The molecule has 0 spiro atoms. The van der Waals surface area contributed by atoms with Gasteiger partial charge in [0, 0.05) is 18.4 Å². The smallest absolute Gasteiger partial charge is 0.407 e. The minimum atomic E-state index is -1.36. The second-order valence-electron chi connectivity index (χ2n) is 9.45. The van der Waals surface area contributed by atoms with Crippen LogP contribution in [0, 0.1) is 5.92 Å². The zero-order valence-corrected chi connectivity index (χ0v) is 19.8. The molecule has 186 valence electrons. The largest absolute Gasteiger partial charge is 0.480 e. The lowest BCUT2D eigenvalue weighted by molar-refractivity contribution is -0.145. The summed E-state index contributed by atoms with van der Waals surface area (Å²) in [6.45, 7) is 1.54. The maximum absolute atomic E-state index is 12.7. The minimum absolute atomic E-state index is 0.0329. The molecule has 8 nitrogen and oxygen atoms in total. The Morgan fingerprint density at radius 1 is 1.00 bits per heavy atom. The Morgan fingerprint density at radius 3 is 2.20 bits per heavy atom. The third-order valence-corrected chi connectivity index (χ3v) is 7.07. The number of carboxylic acid groups (broad SMARTS) is 1. The zero-order valence-electron chi connectivity index (χ0n) is 19.8. The third-order valence-electron chi connectivity index (χ3n) is 7.07. The van der Waals surface area contributed by atoms with E-state index in [4.69, 9.17) is 4.74 Å². The number of hydrogen-bond donors (Lipinski definition) is 4. The standard InChI is InChI=1S/C27H32N2O6/c1-16(30)25(26(32)33)29-24(31)14-17-8-2-7-13-23(17)28-27(34)35-15-22-20-11-5-3-9-18(20)19-10-4-6-12-21(19)22/h3-6,9-12,16-17,22-23,25,30H,2,7-8,13-15H2,1H3,(H,28,34)(H,29,31)(H,32,33)/t16?,17-,23-,25?/m0/s1. The SMILES string of the molecule is CC(O)C(NC(=O)C[C@@H]1CCCC[C@@H]1NC(=O)OCC1c2ccccc2-c2ccccc21)C(=O)O. The molecule has 4 rings (SSSR count). The van der Waals surface area contributed by atoms with Crippen molar-refractivity contribution in [1.29, 1.82) is 0 Å². The molecule has 0 aliphatic heterocycles. The number of rotatable bonds is 8. The Bertz CT molecular complexity index is 1040. The van der Waals surface area contributed by atoms with Gasteiger partial charge in [-0.2, -0.15) is 0 Å². The van der Waals surface area contributed by atoms with Crippen LogP contribution in [0.5, 0.6) is 0 Å². The van der Waals surface area contributed by atoms with Gasteiger partial charge in [-0.1, -0.05) is 61.4 Å². The molecule has 2 aromatic rings. The summed E-state index contributed by atoms with van der Waals surface area (Å²) in [5, 5.41) is 24.1. The van der Waals surface area contributed by atoms with Gasteiger partial charge in [0.15, 0.2) is 6.04 Å². The molecule has 2 amide bonds. The summed E-state index contributed by atoms with van der Waals surface area (Å²) in [5.74, 6) is -1.91. The third kappa shape index (κ3) is 5.65. The van der Waals surface area contributed by atoms with Crippen LogP contribution in [-0.2, 0) is 14.3 Å². The number of amides is 2. The van der Waals surface area contributed by atoms with Crippen molar-refractivity contribution in [3.8, 4) is 11.1 Å². The zero-order chi connectivity index (χ0) is 24.9. The van der Waals surface area contributed by atoms with E-state index in [9.17, 15) is 24.6 Å². The molecule has 0 bridgehead atoms. The Hall–Kier alpha value is -3.39. The first-order chi connectivity index (χ1) is 16.8. The fraction of sp³-hybridized carbons (Fsp3) is 0.444. The second kappa shape index (κ2) is 10.9. The van der Waals surface area contributed by atoms with E-state index >= 15 is 0 Å². The molecule has 35 heavy (non-hydrogen) atoms. The maximum Gasteiger partial charge on any atom is 0.407 e. The summed E-state index contributed by atoms with van der Waals surface area (Å²) in [6, 6.07) is 14.7. The lowest BCUT2D eigenvalue weighted by Gasteiger charge is -2.32. The molecule has 8 heteroatoms. The number of aliphatic carboxylic acids is 1. The molecule has 0 heterocycles. The maximum atomic E-state index is 12.7. The number of carboxylic acids is 1. The van der Waals surface area contributed by atoms with Gasteiger partial charge < -0.3 is 25.6 Å². The lowest BCUT2D eigenvalue weighted by atomic mass is 9.82. The Balaban J connectivity index is 1.35. The minimum Gasteiger partial charge on any atom is -0.480 e. The first-order valence-corrected chi connectivity index (χ1v) is 12.2. The molecule has 0 saturated heterocycles. The van der Waals surface area contributed by atoms with Crippen molar-refractivity contribution in [2.45, 2.75) is 63.1 Å². The van der Waals surface area contributed by atoms with E-state index in [1.807, 2.05) is 24.3 Å². The highest BCUT2D eigenvalue weighted by atomic mass is 16.5. The summed E-state index contributed by atoms with van der Waals surface area (Å²) in [6.07, 6.45) is 1.67. The molecule has 1 saturated carbocycles. The van der Waals surface area contributed by atoms with Crippen molar-refractivity contribution in [1.82, 2.24) is 10.6 Å². The van der Waals surface area contributed by atoms with Gasteiger partial charge in [-0.3, -0.25) is 4.79 Å². The average Bonchev–Trinajstić information content (AvgIpc) is 3.16. The number of aliphatic hydroxyl groups is 1. The first-order valence-electron chi connectivity index (χ1n) is 12.2. The fourth-order valence-electron chi connectivity index (χ4n) is 5.29. The molecule has 1 fully saturated rings. The summed E-state index contributed by atoms with van der Waals surface area (Å²) < 4.78 is 5.66. The number of carbonyl (C=O) groups is 3. The second-order valence-corrected chi connectivity index (χ2v) is 9.45. The van der Waals surface area contributed by atoms with Crippen LogP contribution in [0.3, 0.4) is 0 Å². The van der Waals surface area contributed by atoms with E-state index in [1.54, 1.807) is 0 Å². The summed E-state index contributed by atoms with van der Waals surface area (Å²) in [7, 11) is 0. The van der Waals surface area contributed by atoms with Gasteiger partial charge >= 0.3 is 12.1 Å². The van der Waals surface area contributed by atoms with Crippen molar-refractivity contribution in [3.05, 3.63) is 59.7 Å². The summed E-state index contributed by atoms with van der Waals surface area (Å²) in [4.78, 5) is 36.5. The predicted octanol–water partition coefficient (Wildman–Crippen LogP) is 3.42. The topological polar surface area (TPSA) is 125 Å². The van der Waals surface area contributed by atoms with Crippen molar-refractivity contribution < 1.29 is 29.3 Å². The number of hydrogen-bond acceptors (Lipinski definition) is 5. The van der Waals surface area contributed by atoms with Crippen LogP contribution in [0.15, 0.2) is 48.5 Å². The summed E-state index contributed by atoms with van der Waals surface area (Å²) in [5.41, 5.74) is 4.60. The van der Waals surface area contributed by atoms with Crippen LogP contribution >= 0.6 is 0 Å². The van der Waals surface area contributed by atoms with Crippen LogP contribution in [0.4, 0.5) is 4.79 Å². The molecule has 2 unspecified atom stereocenters. The average molecular weight is 481 g/mol. The van der Waals surface area contributed by atoms with Crippen LogP contribution in [0.25, 0.3) is 11.1 Å². The van der Waals surface area contributed by atoms with Crippen LogP contribution < -0.4 is 10.6 Å². The van der Waals surface area contributed by atoms with Gasteiger partial charge in [0.25, 0.3) is 0 Å². The van der Waals surface area contributed by atoms with Gasteiger partial charge in [0.05, 0.1) is 6.10 Å². The van der Waals surface area contributed by atoms with E-state index in [2.05, 4.69) is 34.9 Å². The highest BCUT2D eigenvalue weighted by Crippen LogP contribution is 2.44. The van der Waals surface area contributed by atoms with Gasteiger partial charge in [-0.25, -0.2) is 9.59 Å². The van der Waals surface area contributed by atoms with Crippen LogP contribution in [0.2, 0.25) is 0 Å². The number of carbonyl (C=O) groups excluding carboxylic acids is 2. The number of fused-ring (bicyclic) bond motifs is 3. The Morgan fingerprint density at radius 2 is 1.60 bits per heavy atom. The molecule has 4 N–H and O–H groups in total. The van der Waals surface area contributed by atoms with E-state index in [0.717, 1.165) is 47.9 Å². The number of ether oxygens (including phenoxy) is 1. The van der Waals surface area contributed by atoms with E-state index < -0.39 is 30.1 Å². The molecular formula is C27H32N2O6. The molecule has 2 aromatic carbocycles. The van der Waals surface area contributed by atoms with Crippen molar-refractivity contribution in [2.24, 2.45) is 5.92 Å². The Labute approximate surface area is 204 Å². The molecule has 0 aromatic heterocycles. The molecule has 2 aliphatic carbocycles. The number of nitrogens with one attached hydrogen (secondary N) is 2. The molecule has 2 aliphatic rings. The van der Waals surface area contributed by atoms with Gasteiger partial charge in [-0.05, 0) is 47.9 Å². The van der Waals surface area contributed by atoms with Crippen molar-refractivity contribution in [2.75, 3.05) is 6.61 Å². The van der Waals surface area contributed by atoms with Gasteiger partial charge in [0.2, 0.25) is 5.91 Å². The number of alkyl carbamates (subject to hydrolysis) is 1. The molecule has 0 radical (unpaired) electrons. The van der Waals surface area contributed by atoms with Gasteiger partial charge in [0.1, 0.15) is 6.61 Å². The highest BCUT2D eigenvalue weighted by molar-refractivity contribution is 5.84. The summed E-state index contributed by atoms with van der Waals surface area (Å²) >= 11 is 0. The monoisotopic (exact) mass is 480 g/mol. The van der Waals surface area contributed by atoms with E-state index in [1.165, 1.54) is 6.92 Å². The van der Waals surface area contributed by atoms with Crippen LogP contribution in [0.1, 0.15) is 56.1 Å². The van der Waals surface area contributed by atoms with Crippen LogP contribution in [-0.4, -0.2) is 53.0 Å². The fourth-order valence-corrected chi connectivity index (χ4v) is 5.29. The highest BCUT2D eigenvalue weighted by Gasteiger charge is 2.33. The normalized spacial score (nSPS) is 20.7. The number of aliphatic hydroxyl groups excluding tert-OH is 1. The molecular weight excluding hydrogens is 448 g/mol. The lowest BCUT2D eigenvalue weighted by Crippen LogP contribution is -2.49.